The number of hydrogen-bond acceptors (Lipinski definition) is 6. The Bertz CT molecular complexity index is 1110. The van der Waals surface area contributed by atoms with Crippen LogP contribution in [0.15, 0.2) is 29.1 Å². The molecule has 4 aromatic heterocycles. The van der Waals surface area contributed by atoms with Crippen LogP contribution in [0.25, 0.3) is 20.4 Å². The molecule has 0 aliphatic heterocycles. The zero-order chi connectivity index (χ0) is 18.4. The quantitative estimate of drug-likeness (QED) is 0.512. The molecule has 0 radical (unpaired) electrons. The van der Waals surface area contributed by atoms with Gasteiger partial charge in [-0.2, -0.15) is 0 Å². The van der Waals surface area contributed by atoms with Crippen LogP contribution in [0.2, 0.25) is 0 Å². The van der Waals surface area contributed by atoms with Gasteiger partial charge in [0, 0.05) is 11.1 Å². The van der Waals surface area contributed by atoms with E-state index < -0.39 is 0 Å². The summed E-state index contributed by atoms with van der Waals surface area (Å²) in [7, 11) is 0. The summed E-state index contributed by atoms with van der Waals surface area (Å²) < 4.78 is 6.51. The highest BCUT2D eigenvalue weighted by Gasteiger charge is 2.24. The molecule has 4 heterocycles. The fourth-order valence-corrected chi connectivity index (χ4v) is 5.21. The highest BCUT2D eigenvalue weighted by Crippen LogP contribution is 2.41. The molecule has 1 aliphatic rings. The number of pyridine rings is 1. The van der Waals surface area contributed by atoms with Crippen LogP contribution in [0.4, 0.5) is 5.82 Å². The first-order chi connectivity index (χ1) is 13.2. The summed E-state index contributed by atoms with van der Waals surface area (Å²) in [5.74, 6) is 2.18. The summed E-state index contributed by atoms with van der Waals surface area (Å²) >= 11 is 1.70. The Kier molecular flexibility index (Phi) is 4.08. The van der Waals surface area contributed by atoms with Crippen LogP contribution in [-0.4, -0.2) is 15.0 Å². The van der Waals surface area contributed by atoms with E-state index in [1.807, 2.05) is 12.1 Å². The number of nitrogens with zero attached hydrogens (tertiary/aromatic N) is 3. The predicted octanol–water partition coefficient (Wildman–Crippen LogP) is 5.45. The van der Waals surface area contributed by atoms with Crippen molar-refractivity contribution in [1.29, 1.82) is 0 Å². The standard InChI is InChI=1S/C21H22N4OS/c1-12(2)17-15-8-4-3-7-14(15)16-18-19(27-21(16)25-17)20(24-11-23-18)22-10-13-6-5-9-26-13/h5-6,9,11-12H,3-4,7-8,10H2,1-2H3,(H,22,23,24). The van der Waals surface area contributed by atoms with Crippen LogP contribution in [0, 0.1) is 0 Å². The Morgan fingerprint density at radius 1 is 1.19 bits per heavy atom. The van der Waals surface area contributed by atoms with E-state index in [0.29, 0.717) is 12.5 Å². The summed E-state index contributed by atoms with van der Waals surface area (Å²) in [4.78, 5) is 15.3. The number of thiophene rings is 1. The van der Waals surface area contributed by atoms with Crippen LogP contribution in [0.1, 0.15) is 55.2 Å². The van der Waals surface area contributed by atoms with Crippen molar-refractivity contribution in [2.45, 2.75) is 52.0 Å². The van der Waals surface area contributed by atoms with E-state index in [1.54, 1.807) is 23.9 Å². The maximum Gasteiger partial charge on any atom is 0.147 e. The van der Waals surface area contributed by atoms with E-state index in [4.69, 9.17) is 9.40 Å². The zero-order valence-corrected chi connectivity index (χ0v) is 16.4. The highest BCUT2D eigenvalue weighted by molar-refractivity contribution is 7.26. The molecular weight excluding hydrogens is 356 g/mol. The van der Waals surface area contributed by atoms with Gasteiger partial charge in [0.25, 0.3) is 0 Å². The number of anilines is 1. The monoisotopic (exact) mass is 378 g/mol. The van der Waals surface area contributed by atoms with Crippen molar-refractivity contribution < 1.29 is 4.42 Å². The number of fused-ring (bicyclic) bond motifs is 5. The third kappa shape index (κ3) is 2.79. The molecule has 0 saturated heterocycles. The lowest BCUT2D eigenvalue weighted by Gasteiger charge is -2.21. The van der Waals surface area contributed by atoms with E-state index in [2.05, 4.69) is 29.1 Å². The van der Waals surface area contributed by atoms with Gasteiger partial charge in [0.1, 0.15) is 22.7 Å². The van der Waals surface area contributed by atoms with Gasteiger partial charge in [-0.25, -0.2) is 15.0 Å². The van der Waals surface area contributed by atoms with Crippen molar-refractivity contribution in [3.05, 3.63) is 47.3 Å². The molecule has 1 N–H and O–H groups in total. The average molecular weight is 379 g/mol. The van der Waals surface area contributed by atoms with Crippen molar-refractivity contribution in [3.8, 4) is 0 Å². The van der Waals surface area contributed by atoms with Crippen LogP contribution in [0.3, 0.4) is 0 Å². The summed E-state index contributed by atoms with van der Waals surface area (Å²) in [6.45, 7) is 5.09. The molecule has 5 rings (SSSR count). The second-order valence-corrected chi connectivity index (χ2v) is 8.43. The first-order valence-electron chi connectivity index (χ1n) is 9.57. The van der Waals surface area contributed by atoms with Gasteiger partial charge in [-0.15, -0.1) is 11.3 Å². The van der Waals surface area contributed by atoms with Gasteiger partial charge in [0.05, 0.1) is 23.0 Å². The number of furan rings is 1. The molecule has 0 aromatic carbocycles. The lowest BCUT2D eigenvalue weighted by molar-refractivity contribution is 0.518. The first-order valence-corrected chi connectivity index (χ1v) is 10.4. The molecule has 0 fully saturated rings. The number of aryl methyl sites for hydroxylation is 1. The largest absolute Gasteiger partial charge is 0.467 e. The summed E-state index contributed by atoms with van der Waals surface area (Å²) in [5.41, 5.74) is 5.23. The van der Waals surface area contributed by atoms with Crippen LogP contribution < -0.4 is 5.32 Å². The van der Waals surface area contributed by atoms with Crippen molar-refractivity contribution in [2.75, 3.05) is 5.32 Å². The Morgan fingerprint density at radius 2 is 2.04 bits per heavy atom. The van der Waals surface area contributed by atoms with Crippen LogP contribution in [-0.2, 0) is 19.4 Å². The summed E-state index contributed by atoms with van der Waals surface area (Å²) in [5, 5.41) is 4.65. The highest BCUT2D eigenvalue weighted by atomic mass is 32.1. The van der Waals surface area contributed by atoms with Crippen molar-refractivity contribution in [1.82, 2.24) is 15.0 Å². The maximum atomic E-state index is 5.43. The molecule has 0 bridgehead atoms. The summed E-state index contributed by atoms with van der Waals surface area (Å²) in [6, 6.07) is 3.86. The Balaban J connectivity index is 1.69. The summed E-state index contributed by atoms with van der Waals surface area (Å²) in [6.07, 6.45) is 8.11. The smallest absolute Gasteiger partial charge is 0.147 e. The number of hydrogen-bond donors (Lipinski definition) is 1. The van der Waals surface area contributed by atoms with Crippen molar-refractivity contribution in [2.24, 2.45) is 0 Å². The van der Waals surface area contributed by atoms with E-state index in [9.17, 15) is 0 Å². The molecule has 1 aliphatic carbocycles. The van der Waals surface area contributed by atoms with Crippen molar-refractivity contribution >= 4 is 37.6 Å². The fourth-order valence-electron chi connectivity index (χ4n) is 4.08. The van der Waals surface area contributed by atoms with Gasteiger partial charge in [0.15, 0.2) is 0 Å². The molecule has 0 atom stereocenters. The van der Waals surface area contributed by atoms with Crippen LogP contribution in [0.5, 0.6) is 0 Å². The minimum Gasteiger partial charge on any atom is -0.467 e. The van der Waals surface area contributed by atoms with Gasteiger partial charge in [0.2, 0.25) is 0 Å². The van der Waals surface area contributed by atoms with E-state index in [-0.39, 0.29) is 0 Å². The molecule has 5 nitrogen and oxygen atoms in total. The van der Waals surface area contributed by atoms with Gasteiger partial charge in [-0.05, 0) is 54.9 Å². The number of rotatable bonds is 4. The Morgan fingerprint density at radius 3 is 2.81 bits per heavy atom. The minimum absolute atomic E-state index is 0.439. The van der Waals surface area contributed by atoms with Crippen LogP contribution >= 0.6 is 11.3 Å². The van der Waals surface area contributed by atoms with Gasteiger partial charge < -0.3 is 9.73 Å². The predicted molar refractivity (Wildman–Crippen MR) is 109 cm³/mol. The second-order valence-electron chi connectivity index (χ2n) is 7.43. The third-order valence-electron chi connectivity index (χ3n) is 5.31. The van der Waals surface area contributed by atoms with Gasteiger partial charge in [-0.3, -0.25) is 0 Å². The second kappa shape index (κ2) is 6.60. The lowest BCUT2D eigenvalue weighted by Crippen LogP contribution is -2.10. The molecular formula is C21H22N4OS. The minimum atomic E-state index is 0.439. The molecule has 0 saturated carbocycles. The normalized spacial score (nSPS) is 14.2. The number of aromatic nitrogens is 3. The van der Waals surface area contributed by atoms with Gasteiger partial charge in [-0.1, -0.05) is 13.8 Å². The average Bonchev–Trinajstić information content (AvgIpc) is 3.33. The molecule has 0 spiro atoms. The van der Waals surface area contributed by atoms with Gasteiger partial charge >= 0.3 is 0 Å². The molecule has 27 heavy (non-hydrogen) atoms. The molecule has 6 heteroatoms. The van der Waals surface area contributed by atoms with E-state index in [0.717, 1.165) is 39.5 Å². The van der Waals surface area contributed by atoms with Crippen molar-refractivity contribution in [3.63, 3.8) is 0 Å². The Hall–Kier alpha value is -2.47. The Labute approximate surface area is 161 Å². The molecule has 4 aromatic rings. The molecule has 0 amide bonds. The third-order valence-corrected chi connectivity index (χ3v) is 6.39. The maximum absolute atomic E-state index is 5.43. The topological polar surface area (TPSA) is 63.8 Å². The SMILES string of the molecule is CC(C)c1nc2sc3c(NCc4ccco4)ncnc3c2c2c1CCCC2. The van der Waals surface area contributed by atoms with E-state index >= 15 is 0 Å². The molecule has 0 unspecified atom stereocenters. The fraction of sp³-hybridized carbons (Fsp3) is 0.381. The number of nitrogens with one attached hydrogen (secondary N) is 1. The zero-order valence-electron chi connectivity index (χ0n) is 15.6. The first kappa shape index (κ1) is 16.7. The molecule has 138 valence electrons. The van der Waals surface area contributed by atoms with E-state index in [1.165, 1.54) is 35.0 Å². The lowest BCUT2D eigenvalue weighted by atomic mass is 9.86.